The van der Waals surface area contributed by atoms with Gasteiger partial charge in [0.2, 0.25) is 0 Å². The van der Waals surface area contributed by atoms with E-state index in [9.17, 15) is 4.79 Å². The minimum atomic E-state index is -0.184. The number of carbonyl (C=O) groups excluding carboxylic acids is 1. The van der Waals surface area contributed by atoms with Crippen molar-refractivity contribution in [2.24, 2.45) is 0 Å². The van der Waals surface area contributed by atoms with Crippen LogP contribution >= 0.6 is 0 Å². The number of pyridine rings is 1. The van der Waals surface area contributed by atoms with Crippen LogP contribution in [0, 0.1) is 0 Å². The van der Waals surface area contributed by atoms with Gasteiger partial charge in [-0.1, -0.05) is 24.3 Å². The Morgan fingerprint density at radius 1 is 1.28 bits per heavy atom. The molecule has 7 heteroatoms. The molecular formula is C22H24N4O3. The fourth-order valence-electron chi connectivity index (χ4n) is 3.48. The average Bonchev–Trinajstić information content (AvgIpc) is 3.44. The Balaban J connectivity index is 1.63. The second kappa shape index (κ2) is 8.87. The number of rotatable bonds is 7. The molecule has 1 aliphatic rings. The van der Waals surface area contributed by atoms with E-state index in [4.69, 9.17) is 9.47 Å². The zero-order chi connectivity index (χ0) is 20.1. The van der Waals surface area contributed by atoms with Gasteiger partial charge < -0.3 is 14.4 Å². The van der Waals surface area contributed by atoms with Gasteiger partial charge >= 0.3 is 0 Å². The molecule has 1 unspecified atom stereocenters. The summed E-state index contributed by atoms with van der Waals surface area (Å²) in [4.78, 5) is 19.4. The topological polar surface area (TPSA) is 69.5 Å². The number of hydrogen-bond donors (Lipinski definition) is 0. The van der Waals surface area contributed by atoms with Crippen molar-refractivity contribution in [2.45, 2.75) is 25.5 Å². The number of ether oxygens (including phenoxy) is 2. The molecule has 0 bridgehead atoms. The third-order valence-electron chi connectivity index (χ3n) is 4.96. The quantitative estimate of drug-likeness (QED) is 0.618. The van der Waals surface area contributed by atoms with Crippen LogP contribution in [0.4, 0.5) is 0 Å². The predicted octanol–water partition coefficient (Wildman–Crippen LogP) is 3.10. The summed E-state index contributed by atoms with van der Waals surface area (Å²) in [6.07, 6.45) is 7.24. The Morgan fingerprint density at radius 3 is 2.83 bits per heavy atom. The maximum Gasteiger partial charge on any atom is 0.278 e. The van der Waals surface area contributed by atoms with Crippen molar-refractivity contribution in [2.75, 3.05) is 20.3 Å². The Kier molecular flexibility index (Phi) is 5.86. The van der Waals surface area contributed by atoms with E-state index in [1.54, 1.807) is 35.3 Å². The molecule has 3 aromatic rings. The lowest BCUT2D eigenvalue weighted by Gasteiger charge is -2.25. The van der Waals surface area contributed by atoms with Gasteiger partial charge in [-0.2, -0.15) is 5.10 Å². The minimum absolute atomic E-state index is 0.0397. The molecule has 2 aromatic heterocycles. The number of methoxy groups -OCH3 is 1. The Hall–Kier alpha value is -3.19. The van der Waals surface area contributed by atoms with Gasteiger partial charge in [-0.05, 0) is 36.6 Å². The molecule has 0 saturated carbocycles. The van der Waals surface area contributed by atoms with Crippen molar-refractivity contribution in [1.82, 2.24) is 19.7 Å². The monoisotopic (exact) mass is 392 g/mol. The summed E-state index contributed by atoms with van der Waals surface area (Å²) in [5.41, 5.74) is 2.11. The number of benzene rings is 1. The van der Waals surface area contributed by atoms with Gasteiger partial charge in [-0.25, -0.2) is 4.68 Å². The number of carbonyl (C=O) groups is 1. The lowest BCUT2D eigenvalue weighted by Crippen LogP contribution is -2.37. The number of aromatic nitrogens is 3. The fourth-order valence-corrected chi connectivity index (χ4v) is 3.48. The molecule has 0 spiro atoms. The van der Waals surface area contributed by atoms with Gasteiger partial charge in [-0.3, -0.25) is 9.78 Å². The predicted molar refractivity (Wildman–Crippen MR) is 108 cm³/mol. The molecule has 1 saturated heterocycles. The van der Waals surface area contributed by atoms with E-state index in [0.717, 1.165) is 30.7 Å². The van der Waals surface area contributed by atoms with Gasteiger partial charge in [0.15, 0.2) is 11.4 Å². The van der Waals surface area contributed by atoms with Crippen molar-refractivity contribution >= 4 is 5.91 Å². The Bertz CT molecular complexity index is 937. The Morgan fingerprint density at radius 2 is 2.14 bits per heavy atom. The summed E-state index contributed by atoms with van der Waals surface area (Å²) in [6, 6.07) is 13.5. The molecule has 3 heterocycles. The third kappa shape index (κ3) is 4.46. The molecule has 1 amide bonds. The molecule has 0 radical (unpaired) electrons. The SMILES string of the molecule is COc1cn(-c2ccccc2)nc1C(=O)N(Cc1cccnc1)CC1CCCO1. The summed E-state index contributed by atoms with van der Waals surface area (Å²) in [6.45, 7) is 1.69. The lowest BCUT2D eigenvalue weighted by molar-refractivity contribution is 0.0500. The van der Waals surface area contributed by atoms with Crippen LogP contribution in [0.2, 0.25) is 0 Å². The number of nitrogens with zero attached hydrogens (tertiary/aromatic N) is 4. The van der Waals surface area contributed by atoms with Crippen molar-refractivity contribution in [1.29, 1.82) is 0 Å². The van der Waals surface area contributed by atoms with E-state index in [-0.39, 0.29) is 12.0 Å². The number of hydrogen-bond acceptors (Lipinski definition) is 5. The van der Waals surface area contributed by atoms with Crippen LogP contribution in [0.5, 0.6) is 5.75 Å². The summed E-state index contributed by atoms with van der Waals surface area (Å²) >= 11 is 0. The van der Waals surface area contributed by atoms with E-state index >= 15 is 0 Å². The van der Waals surface area contributed by atoms with Gasteiger partial charge in [0.05, 0.1) is 25.1 Å². The molecule has 1 aromatic carbocycles. The van der Waals surface area contributed by atoms with Crippen LogP contribution < -0.4 is 4.74 Å². The van der Waals surface area contributed by atoms with E-state index < -0.39 is 0 Å². The zero-order valence-electron chi connectivity index (χ0n) is 16.4. The normalized spacial score (nSPS) is 16.0. The summed E-state index contributed by atoms with van der Waals surface area (Å²) in [7, 11) is 1.55. The summed E-state index contributed by atoms with van der Waals surface area (Å²) < 4.78 is 12.9. The summed E-state index contributed by atoms with van der Waals surface area (Å²) in [5, 5.41) is 4.53. The molecule has 1 aliphatic heterocycles. The van der Waals surface area contributed by atoms with Crippen LogP contribution in [0.3, 0.4) is 0 Å². The van der Waals surface area contributed by atoms with Gasteiger partial charge in [-0.15, -0.1) is 0 Å². The van der Waals surface area contributed by atoms with Crippen molar-refractivity contribution < 1.29 is 14.3 Å². The highest BCUT2D eigenvalue weighted by Gasteiger charge is 2.28. The van der Waals surface area contributed by atoms with Crippen molar-refractivity contribution in [3.8, 4) is 11.4 Å². The smallest absolute Gasteiger partial charge is 0.278 e. The van der Waals surface area contributed by atoms with Crippen LogP contribution in [0.15, 0.2) is 61.1 Å². The lowest BCUT2D eigenvalue weighted by atomic mass is 10.2. The molecule has 1 atom stereocenters. The van der Waals surface area contributed by atoms with Crippen molar-refractivity contribution in [3.05, 3.63) is 72.3 Å². The van der Waals surface area contributed by atoms with Gasteiger partial charge in [0, 0.05) is 32.1 Å². The largest absolute Gasteiger partial charge is 0.493 e. The molecule has 1 fully saturated rings. The first-order chi connectivity index (χ1) is 14.2. The van der Waals surface area contributed by atoms with Crippen molar-refractivity contribution in [3.63, 3.8) is 0 Å². The first-order valence-corrected chi connectivity index (χ1v) is 9.73. The van der Waals surface area contributed by atoms with Crippen LogP contribution in [0.1, 0.15) is 28.9 Å². The van der Waals surface area contributed by atoms with E-state index in [2.05, 4.69) is 10.1 Å². The molecular weight excluding hydrogens is 368 g/mol. The highest BCUT2D eigenvalue weighted by Crippen LogP contribution is 2.23. The first-order valence-electron chi connectivity index (χ1n) is 9.73. The van der Waals surface area contributed by atoms with E-state index in [1.165, 1.54) is 0 Å². The fraction of sp³-hybridized carbons (Fsp3) is 0.318. The maximum atomic E-state index is 13.5. The van der Waals surface area contributed by atoms with Crippen LogP contribution in [0.25, 0.3) is 5.69 Å². The maximum absolute atomic E-state index is 13.5. The van der Waals surface area contributed by atoms with Crippen LogP contribution in [-0.2, 0) is 11.3 Å². The first kappa shape index (κ1) is 19.1. The van der Waals surface area contributed by atoms with Gasteiger partial charge in [0.1, 0.15) is 0 Å². The van der Waals surface area contributed by atoms with Crippen LogP contribution in [-0.4, -0.2) is 51.9 Å². The molecule has 7 nitrogen and oxygen atoms in total. The Labute approximate surface area is 169 Å². The highest BCUT2D eigenvalue weighted by molar-refractivity contribution is 5.95. The second-order valence-electron chi connectivity index (χ2n) is 7.01. The molecule has 0 N–H and O–H groups in total. The molecule has 0 aliphatic carbocycles. The van der Waals surface area contributed by atoms with E-state index in [0.29, 0.717) is 24.5 Å². The molecule has 29 heavy (non-hydrogen) atoms. The number of amides is 1. The highest BCUT2D eigenvalue weighted by atomic mass is 16.5. The minimum Gasteiger partial charge on any atom is -0.493 e. The third-order valence-corrected chi connectivity index (χ3v) is 4.96. The summed E-state index contributed by atoms with van der Waals surface area (Å²) in [5.74, 6) is 0.262. The van der Waals surface area contributed by atoms with Gasteiger partial charge in [0.25, 0.3) is 5.91 Å². The molecule has 150 valence electrons. The number of para-hydroxylation sites is 1. The standard InChI is InChI=1S/C22H24N4O3/c1-28-20-16-26(18-8-3-2-4-9-18)24-21(20)22(27)25(15-19-10-6-12-29-19)14-17-7-5-11-23-13-17/h2-5,7-9,11,13,16,19H,6,10,12,14-15H2,1H3. The molecule has 4 rings (SSSR count). The zero-order valence-corrected chi connectivity index (χ0v) is 16.4. The second-order valence-corrected chi connectivity index (χ2v) is 7.01. The average molecular weight is 392 g/mol. The van der Waals surface area contributed by atoms with E-state index in [1.807, 2.05) is 42.5 Å².